The first-order chi connectivity index (χ1) is 7.19. The van der Waals surface area contributed by atoms with E-state index < -0.39 is 11.9 Å². The van der Waals surface area contributed by atoms with Crippen LogP contribution < -0.4 is 0 Å². The van der Waals surface area contributed by atoms with Crippen molar-refractivity contribution in [2.45, 2.75) is 0 Å². The number of hydrogen-bond donors (Lipinski definition) is 0. The van der Waals surface area contributed by atoms with Crippen molar-refractivity contribution in [2.24, 2.45) is 0 Å². The monoisotopic (exact) mass is 206 g/mol. The van der Waals surface area contributed by atoms with Crippen LogP contribution in [0, 0.1) is 0 Å². The summed E-state index contributed by atoms with van der Waals surface area (Å²) in [5, 5.41) is 0. The molecule has 0 spiro atoms. The maximum Gasteiger partial charge on any atom is 0.342 e. The van der Waals surface area contributed by atoms with Crippen molar-refractivity contribution in [3.63, 3.8) is 0 Å². The molecule has 0 heterocycles. The van der Waals surface area contributed by atoms with E-state index in [0.29, 0.717) is 11.1 Å². The molecule has 4 heteroatoms. The summed E-state index contributed by atoms with van der Waals surface area (Å²) in [6, 6.07) is 5.95. The number of ether oxygens (including phenoxy) is 2. The van der Waals surface area contributed by atoms with E-state index in [1.165, 1.54) is 31.4 Å². The second kappa shape index (κ2) is 4.95. The molecule has 0 radical (unpaired) electrons. The molecular weight excluding hydrogens is 196 g/mol. The Kier molecular flexibility index (Phi) is 3.62. The molecular formula is C11H10O4. The Hall–Kier alpha value is -2.10. The summed E-state index contributed by atoms with van der Waals surface area (Å²) in [6.07, 6.45) is 1.05. The third-order valence-electron chi connectivity index (χ3n) is 1.73. The lowest BCUT2D eigenvalue weighted by atomic mass is 10.1. The lowest BCUT2D eigenvalue weighted by Crippen LogP contribution is -2.03. The van der Waals surface area contributed by atoms with Crippen molar-refractivity contribution < 1.29 is 19.1 Å². The van der Waals surface area contributed by atoms with Crippen LogP contribution in [0.25, 0.3) is 0 Å². The number of methoxy groups -OCH3 is 1. The Bertz CT molecular complexity index is 378. The van der Waals surface area contributed by atoms with E-state index in [4.69, 9.17) is 0 Å². The van der Waals surface area contributed by atoms with Gasteiger partial charge in [0.1, 0.15) is 0 Å². The van der Waals surface area contributed by atoms with Crippen LogP contribution in [0.2, 0.25) is 0 Å². The first-order valence-electron chi connectivity index (χ1n) is 4.19. The van der Waals surface area contributed by atoms with Gasteiger partial charge in [0.25, 0.3) is 0 Å². The summed E-state index contributed by atoms with van der Waals surface area (Å²) < 4.78 is 9.08. The van der Waals surface area contributed by atoms with Crippen LogP contribution in [0.1, 0.15) is 20.7 Å². The van der Waals surface area contributed by atoms with Crippen LogP contribution in [0.4, 0.5) is 0 Å². The summed E-state index contributed by atoms with van der Waals surface area (Å²) in [6.45, 7) is 3.27. The molecule has 1 aromatic carbocycles. The number of benzene rings is 1. The summed E-state index contributed by atoms with van der Waals surface area (Å²) in [7, 11) is 1.29. The Morgan fingerprint density at radius 3 is 2.00 bits per heavy atom. The highest BCUT2D eigenvalue weighted by atomic mass is 16.5. The standard InChI is InChI=1S/C11H10O4/c1-3-15-11(13)9-6-4-8(5-7-9)10(12)14-2/h3-7H,1H2,2H3. The Balaban J connectivity index is 2.85. The molecule has 0 amide bonds. The molecule has 0 aliphatic rings. The van der Waals surface area contributed by atoms with Gasteiger partial charge in [-0.2, -0.15) is 0 Å². The molecule has 0 N–H and O–H groups in total. The third kappa shape index (κ3) is 2.67. The quantitative estimate of drug-likeness (QED) is 0.558. The molecule has 1 aromatic rings. The van der Waals surface area contributed by atoms with Gasteiger partial charge in [0.15, 0.2) is 0 Å². The molecule has 0 unspecified atom stereocenters. The minimum Gasteiger partial charge on any atom is -0.465 e. The minimum absolute atomic E-state index is 0.350. The fourth-order valence-electron chi connectivity index (χ4n) is 1.00. The molecule has 0 bridgehead atoms. The van der Waals surface area contributed by atoms with Gasteiger partial charge < -0.3 is 9.47 Å². The number of esters is 2. The average molecular weight is 206 g/mol. The smallest absolute Gasteiger partial charge is 0.342 e. The topological polar surface area (TPSA) is 52.6 Å². The molecule has 0 fully saturated rings. The van der Waals surface area contributed by atoms with Crippen LogP contribution >= 0.6 is 0 Å². The highest BCUT2D eigenvalue weighted by molar-refractivity contribution is 5.93. The van der Waals surface area contributed by atoms with E-state index in [2.05, 4.69) is 16.1 Å². The first-order valence-corrected chi connectivity index (χ1v) is 4.19. The normalized spacial score (nSPS) is 9.13. The van der Waals surface area contributed by atoms with E-state index in [1.54, 1.807) is 0 Å². The SMILES string of the molecule is C=COC(=O)c1ccc(C(=O)OC)cc1. The zero-order valence-corrected chi connectivity index (χ0v) is 8.23. The molecule has 0 aliphatic carbocycles. The van der Waals surface area contributed by atoms with Gasteiger partial charge >= 0.3 is 11.9 Å². The first kappa shape index (κ1) is 11.0. The zero-order chi connectivity index (χ0) is 11.3. The van der Waals surface area contributed by atoms with Crippen molar-refractivity contribution >= 4 is 11.9 Å². The van der Waals surface area contributed by atoms with Gasteiger partial charge in [-0.1, -0.05) is 6.58 Å². The predicted octanol–water partition coefficient (Wildman–Crippen LogP) is 1.77. The second-order valence-electron chi connectivity index (χ2n) is 2.64. The number of hydrogen-bond acceptors (Lipinski definition) is 4. The Labute approximate surface area is 87.1 Å². The minimum atomic E-state index is -0.513. The molecule has 0 saturated carbocycles. The molecule has 0 aliphatic heterocycles. The van der Waals surface area contributed by atoms with E-state index in [-0.39, 0.29) is 0 Å². The fourth-order valence-corrected chi connectivity index (χ4v) is 1.00. The Morgan fingerprint density at radius 2 is 1.60 bits per heavy atom. The molecule has 78 valence electrons. The summed E-state index contributed by atoms with van der Waals surface area (Å²) in [5.41, 5.74) is 0.732. The summed E-state index contributed by atoms with van der Waals surface area (Å²) >= 11 is 0. The van der Waals surface area contributed by atoms with E-state index in [1.807, 2.05) is 0 Å². The molecule has 0 saturated heterocycles. The average Bonchev–Trinajstić information content (AvgIpc) is 2.28. The lowest BCUT2D eigenvalue weighted by molar-refractivity contribution is 0.0597. The zero-order valence-electron chi connectivity index (χ0n) is 8.23. The maximum absolute atomic E-state index is 11.2. The van der Waals surface area contributed by atoms with Gasteiger partial charge in [-0.05, 0) is 24.3 Å². The van der Waals surface area contributed by atoms with E-state index in [9.17, 15) is 9.59 Å². The van der Waals surface area contributed by atoms with Gasteiger partial charge in [-0.15, -0.1) is 0 Å². The largest absolute Gasteiger partial charge is 0.465 e. The molecule has 15 heavy (non-hydrogen) atoms. The summed E-state index contributed by atoms with van der Waals surface area (Å²) in [5.74, 6) is -0.958. The van der Waals surface area contributed by atoms with Crippen molar-refractivity contribution in [2.75, 3.05) is 7.11 Å². The van der Waals surface area contributed by atoms with Crippen molar-refractivity contribution in [3.8, 4) is 0 Å². The third-order valence-corrected chi connectivity index (χ3v) is 1.73. The number of carbonyl (C=O) groups is 2. The van der Waals surface area contributed by atoms with Gasteiger partial charge in [-0.25, -0.2) is 9.59 Å². The fraction of sp³-hybridized carbons (Fsp3) is 0.0909. The molecule has 4 nitrogen and oxygen atoms in total. The lowest BCUT2D eigenvalue weighted by Gasteiger charge is -2.01. The van der Waals surface area contributed by atoms with Gasteiger partial charge in [0.05, 0.1) is 24.5 Å². The van der Waals surface area contributed by atoms with Crippen molar-refractivity contribution in [3.05, 3.63) is 48.2 Å². The molecule has 1 rings (SSSR count). The van der Waals surface area contributed by atoms with Crippen LogP contribution in [0.5, 0.6) is 0 Å². The summed E-state index contributed by atoms with van der Waals surface area (Å²) in [4.78, 5) is 22.3. The Morgan fingerprint density at radius 1 is 1.13 bits per heavy atom. The van der Waals surface area contributed by atoms with Crippen molar-refractivity contribution in [1.29, 1.82) is 0 Å². The van der Waals surface area contributed by atoms with Gasteiger partial charge in [-0.3, -0.25) is 0 Å². The predicted molar refractivity (Wildman–Crippen MR) is 53.4 cm³/mol. The highest BCUT2D eigenvalue weighted by Gasteiger charge is 2.08. The second-order valence-corrected chi connectivity index (χ2v) is 2.64. The van der Waals surface area contributed by atoms with Gasteiger partial charge in [0, 0.05) is 0 Å². The van der Waals surface area contributed by atoms with E-state index in [0.717, 1.165) is 6.26 Å². The highest BCUT2D eigenvalue weighted by Crippen LogP contribution is 2.07. The maximum atomic E-state index is 11.2. The van der Waals surface area contributed by atoms with Crippen LogP contribution in [0.15, 0.2) is 37.1 Å². The van der Waals surface area contributed by atoms with Crippen LogP contribution in [-0.4, -0.2) is 19.0 Å². The van der Waals surface area contributed by atoms with Crippen LogP contribution in [-0.2, 0) is 9.47 Å². The van der Waals surface area contributed by atoms with E-state index >= 15 is 0 Å². The molecule has 0 atom stereocenters. The van der Waals surface area contributed by atoms with Gasteiger partial charge in [0.2, 0.25) is 0 Å². The van der Waals surface area contributed by atoms with Crippen molar-refractivity contribution in [1.82, 2.24) is 0 Å². The van der Waals surface area contributed by atoms with Crippen LogP contribution in [0.3, 0.4) is 0 Å². The number of rotatable bonds is 3. The molecule has 0 aromatic heterocycles. The number of carbonyl (C=O) groups excluding carboxylic acids is 2.